The molecule has 4 heteroatoms. The lowest BCUT2D eigenvalue weighted by Gasteiger charge is -2.42. The van der Waals surface area contributed by atoms with Gasteiger partial charge in [-0.3, -0.25) is 0 Å². The van der Waals surface area contributed by atoms with Crippen molar-refractivity contribution in [2.45, 2.75) is 24.5 Å². The van der Waals surface area contributed by atoms with E-state index >= 15 is 0 Å². The molecular formula is C9H15N3O. The van der Waals surface area contributed by atoms with Crippen LogP contribution < -0.4 is 10.6 Å². The molecule has 1 spiro atoms. The largest absolute Gasteiger partial charge is 0.360 e. The molecule has 1 atom stereocenters. The molecule has 2 saturated heterocycles. The van der Waals surface area contributed by atoms with Crippen LogP contribution in [0.25, 0.3) is 0 Å². The SMILES string of the molecule is N#CC1CNC2(CCNCC2)CO1. The van der Waals surface area contributed by atoms with Crippen molar-refractivity contribution in [1.29, 1.82) is 5.26 Å². The highest BCUT2D eigenvalue weighted by Crippen LogP contribution is 2.22. The third-order valence-electron chi connectivity index (χ3n) is 2.93. The lowest BCUT2D eigenvalue weighted by molar-refractivity contribution is -0.0182. The van der Waals surface area contributed by atoms with Crippen molar-refractivity contribution < 1.29 is 4.74 Å². The van der Waals surface area contributed by atoms with E-state index in [9.17, 15) is 0 Å². The van der Waals surface area contributed by atoms with Crippen LogP contribution in [0.3, 0.4) is 0 Å². The first-order chi connectivity index (χ1) is 6.35. The zero-order valence-electron chi connectivity index (χ0n) is 7.68. The Morgan fingerprint density at radius 1 is 1.38 bits per heavy atom. The molecule has 2 rings (SSSR count). The smallest absolute Gasteiger partial charge is 0.156 e. The summed E-state index contributed by atoms with van der Waals surface area (Å²) in [4.78, 5) is 0. The Bertz CT molecular complexity index is 207. The average molecular weight is 181 g/mol. The fourth-order valence-electron chi connectivity index (χ4n) is 1.99. The number of nitrogens with zero attached hydrogens (tertiary/aromatic N) is 1. The summed E-state index contributed by atoms with van der Waals surface area (Å²) < 4.78 is 5.47. The van der Waals surface area contributed by atoms with Crippen molar-refractivity contribution in [2.75, 3.05) is 26.2 Å². The fourth-order valence-corrected chi connectivity index (χ4v) is 1.99. The minimum Gasteiger partial charge on any atom is -0.360 e. The summed E-state index contributed by atoms with van der Waals surface area (Å²) in [5, 5.41) is 15.4. The number of hydrogen-bond acceptors (Lipinski definition) is 4. The number of ether oxygens (including phenoxy) is 1. The Kier molecular flexibility index (Phi) is 2.49. The summed E-state index contributed by atoms with van der Waals surface area (Å²) in [5.74, 6) is 0. The predicted molar refractivity (Wildman–Crippen MR) is 48.2 cm³/mol. The third kappa shape index (κ3) is 1.83. The molecule has 2 heterocycles. The van der Waals surface area contributed by atoms with Crippen LogP contribution in [0, 0.1) is 11.3 Å². The second-order valence-corrected chi connectivity index (χ2v) is 3.84. The Morgan fingerprint density at radius 3 is 2.69 bits per heavy atom. The van der Waals surface area contributed by atoms with Crippen molar-refractivity contribution in [3.8, 4) is 6.07 Å². The Hall–Kier alpha value is -0.630. The minimum atomic E-state index is -0.250. The summed E-state index contributed by atoms with van der Waals surface area (Å²) in [5.41, 5.74) is 0.151. The summed E-state index contributed by atoms with van der Waals surface area (Å²) >= 11 is 0. The van der Waals surface area contributed by atoms with Crippen LogP contribution in [0.2, 0.25) is 0 Å². The summed E-state index contributed by atoms with van der Waals surface area (Å²) in [6, 6.07) is 2.13. The zero-order chi connectivity index (χ0) is 9.15. The first-order valence-electron chi connectivity index (χ1n) is 4.82. The molecule has 0 bridgehead atoms. The van der Waals surface area contributed by atoms with Crippen molar-refractivity contribution in [1.82, 2.24) is 10.6 Å². The molecule has 2 aliphatic rings. The molecule has 4 nitrogen and oxygen atoms in total. The summed E-state index contributed by atoms with van der Waals surface area (Å²) in [6.07, 6.45) is 1.96. The molecule has 2 aliphatic heterocycles. The van der Waals surface area contributed by atoms with Crippen LogP contribution in [0.5, 0.6) is 0 Å². The number of piperidine rings is 1. The molecule has 72 valence electrons. The van der Waals surface area contributed by atoms with Gasteiger partial charge in [-0.25, -0.2) is 0 Å². The monoisotopic (exact) mass is 181 g/mol. The maximum atomic E-state index is 8.65. The van der Waals surface area contributed by atoms with Crippen molar-refractivity contribution >= 4 is 0 Å². The third-order valence-corrected chi connectivity index (χ3v) is 2.93. The highest BCUT2D eigenvalue weighted by Gasteiger charge is 2.36. The normalized spacial score (nSPS) is 32.7. The van der Waals surface area contributed by atoms with Crippen molar-refractivity contribution in [3.63, 3.8) is 0 Å². The molecule has 0 amide bonds. The molecule has 2 fully saturated rings. The molecule has 0 aromatic heterocycles. The Morgan fingerprint density at radius 2 is 2.15 bits per heavy atom. The van der Waals surface area contributed by atoms with E-state index in [4.69, 9.17) is 10.00 Å². The first kappa shape index (κ1) is 8.95. The zero-order valence-corrected chi connectivity index (χ0v) is 7.68. The molecule has 1 unspecified atom stereocenters. The van der Waals surface area contributed by atoms with E-state index in [1.54, 1.807) is 0 Å². The fraction of sp³-hybridized carbons (Fsp3) is 0.889. The molecule has 13 heavy (non-hydrogen) atoms. The first-order valence-corrected chi connectivity index (χ1v) is 4.82. The van der Waals surface area contributed by atoms with E-state index in [2.05, 4.69) is 16.7 Å². The highest BCUT2D eigenvalue weighted by atomic mass is 16.5. The molecule has 0 aromatic carbocycles. The molecule has 0 aromatic rings. The van der Waals surface area contributed by atoms with Crippen LogP contribution >= 0.6 is 0 Å². The molecule has 0 saturated carbocycles. The lowest BCUT2D eigenvalue weighted by atomic mass is 9.88. The van der Waals surface area contributed by atoms with Gasteiger partial charge in [-0.15, -0.1) is 0 Å². The minimum absolute atomic E-state index is 0.151. The van der Waals surface area contributed by atoms with Gasteiger partial charge in [-0.2, -0.15) is 5.26 Å². The lowest BCUT2D eigenvalue weighted by Crippen LogP contribution is -2.60. The molecular weight excluding hydrogens is 166 g/mol. The van der Waals surface area contributed by atoms with Gasteiger partial charge >= 0.3 is 0 Å². The Labute approximate surface area is 78.3 Å². The van der Waals surface area contributed by atoms with Gasteiger partial charge in [-0.1, -0.05) is 0 Å². The molecule has 0 radical (unpaired) electrons. The van der Waals surface area contributed by atoms with E-state index in [-0.39, 0.29) is 11.6 Å². The van der Waals surface area contributed by atoms with E-state index in [1.165, 1.54) is 0 Å². The standard InChI is InChI=1S/C9H15N3O/c10-5-8-6-12-9(7-13-8)1-3-11-4-2-9/h8,11-12H,1-4,6-7H2. The van der Waals surface area contributed by atoms with Gasteiger partial charge in [0.05, 0.1) is 12.7 Å². The topological polar surface area (TPSA) is 57.1 Å². The quantitative estimate of drug-likeness (QED) is 0.535. The van der Waals surface area contributed by atoms with Gasteiger partial charge in [-0.05, 0) is 25.9 Å². The van der Waals surface area contributed by atoms with Gasteiger partial charge in [0.15, 0.2) is 6.10 Å². The van der Waals surface area contributed by atoms with Gasteiger partial charge in [0.25, 0.3) is 0 Å². The van der Waals surface area contributed by atoms with Gasteiger partial charge in [0, 0.05) is 12.1 Å². The van der Waals surface area contributed by atoms with E-state index in [0.717, 1.165) is 25.9 Å². The highest BCUT2D eigenvalue weighted by molar-refractivity contribution is 5.00. The van der Waals surface area contributed by atoms with Crippen LogP contribution in [0.4, 0.5) is 0 Å². The second-order valence-electron chi connectivity index (χ2n) is 3.84. The van der Waals surface area contributed by atoms with Crippen LogP contribution in [-0.2, 0) is 4.74 Å². The van der Waals surface area contributed by atoms with Crippen LogP contribution in [-0.4, -0.2) is 37.9 Å². The van der Waals surface area contributed by atoms with Gasteiger partial charge in [0.1, 0.15) is 0 Å². The average Bonchev–Trinajstić information content (AvgIpc) is 2.20. The van der Waals surface area contributed by atoms with Crippen LogP contribution in [0.15, 0.2) is 0 Å². The number of morpholine rings is 1. The predicted octanol–water partition coefficient (Wildman–Crippen LogP) is -0.379. The molecule has 2 N–H and O–H groups in total. The summed E-state index contributed by atoms with van der Waals surface area (Å²) in [7, 11) is 0. The number of rotatable bonds is 0. The van der Waals surface area contributed by atoms with E-state index in [1.807, 2.05) is 0 Å². The maximum absolute atomic E-state index is 8.65. The van der Waals surface area contributed by atoms with Gasteiger partial charge < -0.3 is 15.4 Å². The number of nitriles is 1. The van der Waals surface area contributed by atoms with Gasteiger partial charge in [0.2, 0.25) is 0 Å². The van der Waals surface area contributed by atoms with E-state index in [0.29, 0.717) is 13.2 Å². The number of hydrogen-bond donors (Lipinski definition) is 2. The summed E-state index contributed by atoms with van der Waals surface area (Å²) in [6.45, 7) is 3.46. The van der Waals surface area contributed by atoms with Crippen molar-refractivity contribution in [2.24, 2.45) is 0 Å². The molecule has 0 aliphatic carbocycles. The van der Waals surface area contributed by atoms with E-state index < -0.39 is 0 Å². The maximum Gasteiger partial charge on any atom is 0.156 e. The number of nitrogens with one attached hydrogen (secondary N) is 2. The van der Waals surface area contributed by atoms with Crippen LogP contribution in [0.1, 0.15) is 12.8 Å². The van der Waals surface area contributed by atoms with Crippen molar-refractivity contribution in [3.05, 3.63) is 0 Å². The second kappa shape index (κ2) is 3.62. The Balaban J connectivity index is 1.92.